The molecule has 2 aliphatic rings. The molecule has 2 heterocycles. The molecular weight excluding hydrogens is 150 g/mol. The lowest BCUT2D eigenvalue weighted by Crippen LogP contribution is -2.47. The Bertz CT molecular complexity index is 128. The number of nitrogens with zero attached hydrogens (tertiary/aromatic N) is 1. The predicted molar refractivity (Wildman–Crippen MR) is 50.3 cm³/mol. The van der Waals surface area contributed by atoms with Crippen LogP contribution < -0.4 is 10.6 Å². The molecule has 0 atom stereocenters. The van der Waals surface area contributed by atoms with Crippen LogP contribution in [0, 0.1) is 5.92 Å². The highest BCUT2D eigenvalue weighted by Gasteiger charge is 2.18. The number of hydrogen-bond donors (Lipinski definition) is 2. The van der Waals surface area contributed by atoms with Crippen LogP contribution in [0.4, 0.5) is 0 Å². The van der Waals surface area contributed by atoms with Gasteiger partial charge in [-0.2, -0.15) is 0 Å². The van der Waals surface area contributed by atoms with Gasteiger partial charge in [-0.1, -0.05) is 0 Å². The smallest absolute Gasteiger partial charge is 0.0107 e. The molecule has 2 rings (SSSR count). The van der Waals surface area contributed by atoms with Gasteiger partial charge in [-0.25, -0.2) is 0 Å². The van der Waals surface area contributed by atoms with Crippen LogP contribution in [-0.4, -0.2) is 50.7 Å². The molecule has 0 aromatic heterocycles. The maximum absolute atomic E-state index is 3.38. The Hall–Kier alpha value is -0.120. The first kappa shape index (κ1) is 8.48. The van der Waals surface area contributed by atoms with Crippen molar-refractivity contribution in [1.82, 2.24) is 15.5 Å². The normalized spacial score (nSPS) is 27.0. The van der Waals surface area contributed by atoms with E-state index >= 15 is 0 Å². The zero-order chi connectivity index (χ0) is 8.23. The lowest BCUT2D eigenvalue weighted by Gasteiger charge is -2.32. The standard InChI is InChI=1S/C9H19N3/c1(9-7-11-8-9)4-12-5-2-10-3-6-12/h9-11H,1-8H2. The molecule has 0 bridgehead atoms. The molecule has 2 fully saturated rings. The van der Waals surface area contributed by atoms with Gasteiger partial charge >= 0.3 is 0 Å². The third kappa shape index (κ3) is 2.19. The van der Waals surface area contributed by atoms with E-state index in [1.165, 1.54) is 52.2 Å². The van der Waals surface area contributed by atoms with Crippen LogP contribution in [0.5, 0.6) is 0 Å². The molecular formula is C9H19N3. The van der Waals surface area contributed by atoms with Crippen molar-refractivity contribution in [3.8, 4) is 0 Å². The highest BCUT2D eigenvalue weighted by atomic mass is 15.2. The summed E-state index contributed by atoms with van der Waals surface area (Å²) in [6.45, 7) is 8.69. The quantitative estimate of drug-likeness (QED) is 0.596. The van der Waals surface area contributed by atoms with Gasteiger partial charge < -0.3 is 15.5 Å². The van der Waals surface area contributed by atoms with Crippen LogP contribution in [0.15, 0.2) is 0 Å². The minimum atomic E-state index is 0.972. The Labute approximate surface area is 74.5 Å². The van der Waals surface area contributed by atoms with E-state index < -0.39 is 0 Å². The van der Waals surface area contributed by atoms with Gasteiger partial charge in [0.2, 0.25) is 0 Å². The highest BCUT2D eigenvalue weighted by molar-refractivity contribution is 4.77. The number of nitrogens with one attached hydrogen (secondary N) is 2. The molecule has 0 unspecified atom stereocenters. The summed E-state index contributed by atoms with van der Waals surface area (Å²) in [6.07, 6.45) is 1.40. The summed E-state index contributed by atoms with van der Waals surface area (Å²) in [5.74, 6) is 0.972. The summed E-state index contributed by atoms with van der Waals surface area (Å²) in [4.78, 5) is 2.58. The topological polar surface area (TPSA) is 27.3 Å². The molecule has 0 amide bonds. The van der Waals surface area contributed by atoms with Crippen molar-refractivity contribution in [3.63, 3.8) is 0 Å². The van der Waals surface area contributed by atoms with E-state index in [-0.39, 0.29) is 0 Å². The first-order valence-electron chi connectivity index (χ1n) is 5.09. The van der Waals surface area contributed by atoms with Crippen LogP contribution in [0.3, 0.4) is 0 Å². The fourth-order valence-electron chi connectivity index (χ4n) is 1.85. The number of rotatable bonds is 3. The molecule has 3 heteroatoms. The van der Waals surface area contributed by atoms with Gasteiger partial charge in [0.05, 0.1) is 0 Å². The monoisotopic (exact) mass is 169 g/mol. The molecule has 0 spiro atoms. The molecule has 0 aliphatic carbocycles. The van der Waals surface area contributed by atoms with Crippen LogP contribution >= 0.6 is 0 Å². The van der Waals surface area contributed by atoms with Crippen molar-refractivity contribution in [2.24, 2.45) is 5.92 Å². The Balaban J connectivity index is 1.58. The van der Waals surface area contributed by atoms with Gasteiger partial charge in [0.15, 0.2) is 0 Å². The number of hydrogen-bond acceptors (Lipinski definition) is 3. The summed E-state index contributed by atoms with van der Waals surface area (Å²) < 4.78 is 0. The van der Waals surface area contributed by atoms with Crippen LogP contribution in [0.25, 0.3) is 0 Å². The first-order chi connectivity index (χ1) is 5.95. The Kier molecular flexibility index (Phi) is 2.98. The molecule has 12 heavy (non-hydrogen) atoms. The van der Waals surface area contributed by atoms with Gasteiger partial charge in [0.1, 0.15) is 0 Å². The average molecular weight is 169 g/mol. The SMILES string of the molecule is C1CN(CCC2CNC2)CCN1. The zero-order valence-corrected chi connectivity index (χ0v) is 7.68. The Morgan fingerprint density at radius 3 is 2.42 bits per heavy atom. The van der Waals surface area contributed by atoms with Crippen molar-refractivity contribution in [1.29, 1.82) is 0 Å². The average Bonchev–Trinajstić information content (AvgIpc) is 2.04. The van der Waals surface area contributed by atoms with Gasteiger partial charge in [-0.05, 0) is 32.0 Å². The van der Waals surface area contributed by atoms with E-state index in [2.05, 4.69) is 15.5 Å². The van der Waals surface area contributed by atoms with Crippen molar-refractivity contribution in [3.05, 3.63) is 0 Å². The minimum absolute atomic E-state index is 0.972. The molecule has 0 aromatic carbocycles. The first-order valence-corrected chi connectivity index (χ1v) is 5.09. The fourth-order valence-corrected chi connectivity index (χ4v) is 1.85. The van der Waals surface area contributed by atoms with Crippen molar-refractivity contribution >= 4 is 0 Å². The molecule has 2 aliphatic heterocycles. The molecule has 70 valence electrons. The largest absolute Gasteiger partial charge is 0.316 e. The minimum Gasteiger partial charge on any atom is -0.316 e. The van der Waals surface area contributed by atoms with Crippen molar-refractivity contribution < 1.29 is 0 Å². The molecule has 0 radical (unpaired) electrons. The Morgan fingerprint density at radius 1 is 1.08 bits per heavy atom. The molecule has 2 N–H and O–H groups in total. The second-order valence-electron chi connectivity index (χ2n) is 3.90. The second kappa shape index (κ2) is 4.21. The third-order valence-corrected chi connectivity index (χ3v) is 2.93. The zero-order valence-electron chi connectivity index (χ0n) is 7.68. The van der Waals surface area contributed by atoms with E-state index in [1.54, 1.807) is 0 Å². The van der Waals surface area contributed by atoms with Crippen LogP contribution in [0.1, 0.15) is 6.42 Å². The van der Waals surface area contributed by atoms with Crippen LogP contribution in [-0.2, 0) is 0 Å². The summed E-state index contributed by atoms with van der Waals surface area (Å²) >= 11 is 0. The Morgan fingerprint density at radius 2 is 1.83 bits per heavy atom. The van der Waals surface area contributed by atoms with Crippen molar-refractivity contribution in [2.75, 3.05) is 45.8 Å². The van der Waals surface area contributed by atoms with Crippen LogP contribution in [0.2, 0.25) is 0 Å². The lowest BCUT2D eigenvalue weighted by molar-refractivity contribution is 0.206. The maximum Gasteiger partial charge on any atom is 0.0107 e. The van der Waals surface area contributed by atoms with E-state index in [0.29, 0.717) is 0 Å². The highest BCUT2D eigenvalue weighted by Crippen LogP contribution is 2.09. The summed E-state index contributed by atoms with van der Waals surface area (Å²) in [7, 11) is 0. The van der Waals surface area contributed by atoms with Gasteiger partial charge in [0, 0.05) is 26.2 Å². The second-order valence-corrected chi connectivity index (χ2v) is 3.90. The molecule has 0 saturated carbocycles. The van der Waals surface area contributed by atoms with Gasteiger partial charge in [-0.15, -0.1) is 0 Å². The van der Waals surface area contributed by atoms with Gasteiger partial charge in [-0.3, -0.25) is 0 Å². The van der Waals surface area contributed by atoms with E-state index in [1.807, 2.05) is 0 Å². The number of piperazine rings is 1. The van der Waals surface area contributed by atoms with Gasteiger partial charge in [0.25, 0.3) is 0 Å². The van der Waals surface area contributed by atoms with E-state index in [0.717, 1.165) is 5.92 Å². The fraction of sp³-hybridized carbons (Fsp3) is 1.00. The predicted octanol–water partition coefficient (Wildman–Crippen LogP) is -0.499. The maximum atomic E-state index is 3.38. The van der Waals surface area contributed by atoms with Crippen molar-refractivity contribution in [2.45, 2.75) is 6.42 Å². The molecule has 0 aromatic rings. The summed E-state index contributed by atoms with van der Waals surface area (Å²) in [5.41, 5.74) is 0. The molecule has 2 saturated heterocycles. The summed E-state index contributed by atoms with van der Waals surface area (Å²) in [6, 6.07) is 0. The third-order valence-electron chi connectivity index (χ3n) is 2.93. The molecule has 3 nitrogen and oxygen atoms in total. The lowest BCUT2D eigenvalue weighted by atomic mass is 9.99. The van der Waals surface area contributed by atoms with E-state index in [4.69, 9.17) is 0 Å². The summed E-state index contributed by atoms with van der Waals surface area (Å²) in [5, 5.41) is 6.69. The van der Waals surface area contributed by atoms with E-state index in [9.17, 15) is 0 Å².